The number of imidazole rings is 1. The molecule has 0 fully saturated rings. The van der Waals surface area contributed by atoms with Crippen LogP contribution in [0.2, 0.25) is 0 Å². The highest BCUT2D eigenvalue weighted by atomic mass is 16.1. The van der Waals surface area contributed by atoms with Gasteiger partial charge < -0.3 is 5.32 Å². The summed E-state index contributed by atoms with van der Waals surface area (Å²) in [5, 5.41) is 7.82. The fourth-order valence-corrected chi connectivity index (χ4v) is 3.63. The highest BCUT2D eigenvalue weighted by Crippen LogP contribution is 2.22. The second kappa shape index (κ2) is 9.32. The molecule has 0 unspecified atom stereocenters. The molecular formula is C26H22N6O. The molecule has 1 N–H and O–H groups in total. The van der Waals surface area contributed by atoms with E-state index in [-0.39, 0.29) is 5.91 Å². The molecule has 0 radical (unpaired) electrons. The molecule has 3 aromatic heterocycles. The van der Waals surface area contributed by atoms with Gasteiger partial charge in [-0.2, -0.15) is 5.10 Å². The predicted molar refractivity (Wildman–Crippen MR) is 126 cm³/mol. The number of carbonyl (C=O) groups excluding carboxylic acids is 1. The Hall–Kier alpha value is -4.52. The van der Waals surface area contributed by atoms with Crippen molar-refractivity contribution in [2.24, 2.45) is 0 Å². The molecule has 7 heteroatoms. The number of amides is 1. The predicted octanol–water partition coefficient (Wildman–Crippen LogP) is 4.11. The van der Waals surface area contributed by atoms with Crippen LogP contribution in [0.1, 0.15) is 21.5 Å². The number of nitrogens with one attached hydrogen (secondary N) is 1. The summed E-state index contributed by atoms with van der Waals surface area (Å²) in [5.41, 5.74) is 4.49. The maximum absolute atomic E-state index is 12.8. The van der Waals surface area contributed by atoms with Gasteiger partial charge in [0, 0.05) is 42.5 Å². The van der Waals surface area contributed by atoms with Gasteiger partial charge in [-0.1, -0.05) is 60.7 Å². The SMILES string of the molecule is O=C(NCc1cn(Cc2ccccc2)nc1-c1ccccc1)c1ccc(-n2ccnc2)nc1. The minimum absolute atomic E-state index is 0.186. The van der Waals surface area contributed by atoms with E-state index in [1.54, 1.807) is 41.6 Å². The van der Waals surface area contributed by atoms with E-state index in [2.05, 4.69) is 27.4 Å². The molecule has 1 amide bonds. The number of pyridine rings is 1. The van der Waals surface area contributed by atoms with Crippen molar-refractivity contribution in [2.75, 3.05) is 0 Å². The molecule has 0 saturated carbocycles. The number of carbonyl (C=O) groups is 1. The third-order valence-electron chi connectivity index (χ3n) is 5.29. The highest BCUT2D eigenvalue weighted by Gasteiger charge is 2.14. The number of benzene rings is 2. The topological polar surface area (TPSA) is 77.6 Å². The van der Waals surface area contributed by atoms with Crippen molar-refractivity contribution in [1.82, 2.24) is 29.6 Å². The van der Waals surface area contributed by atoms with E-state index < -0.39 is 0 Å². The van der Waals surface area contributed by atoms with Gasteiger partial charge in [-0.15, -0.1) is 0 Å². The Bertz CT molecular complexity index is 1330. The number of hydrogen-bond acceptors (Lipinski definition) is 4. The van der Waals surface area contributed by atoms with Gasteiger partial charge in [-0.25, -0.2) is 9.97 Å². The molecule has 2 aromatic carbocycles. The van der Waals surface area contributed by atoms with Crippen molar-refractivity contribution < 1.29 is 4.79 Å². The second-order valence-electron chi connectivity index (χ2n) is 7.61. The van der Waals surface area contributed by atoms with Crippen LogP contribution >= 0.6 is 0 Å². The van der Waals surface area contributed by atoms with Crippen LogP contribution in [-0.2, 0) is 13.1 Å². The molecule has 162 valence electrons. The molecule has 0 spiro atoms. The third-order valence-corrected chi connectivity index (χ3v) is 5.29. The van der Waals surface area contributed by atoms with Gasteiger partial charge in [0.2, 0.25) is 0 Å². The average molecular weight is 435 g/mol. The van der Waals surface area contributed by atoms with E-state index in [0.29, 0.717) is 24.5 Å². The standard InChI is InChI=1S/C26H22N6O/c33-26(22-11-12-24(28-15-22)31-14-13-27-19-31)29-16-23-18-32(17-20-7-3-1-4-8-20)30-25(23)21-9-5-2-6-10-21/h1-15,18-19H,16-17H2,(H,29,33). The summed E-state index contributed by atoms with van der Waals surface area (Å²) in [6, 6.07) is 23.7. The molecule has 7 nitrogen and oxygen atoms in total. The zero-order valence-corrected chi connectivity index (χ0v) is 17.9. The number of aromatic nitrogens is 5. The Morgan fingerprint density at radius 2 is 1.73 bits per heavy atom. The Labute approximate surface area is 191 Å². The Morgan fingerprint density at radius 3 is 2.42 bits per heavy atom. The molecular weight excluding hydrogens is 412 g/mol. The molecule has 0 saturated heterocycles. The van der Waals surface area contributed by atoms with Crippen LogP contribution in [0.25, 0.3) is 17.1 Å². The molecule has 5 aromatic rings. The van der Waals surface area contributed by atoms with Crippen molar-refractivity contribution in [1.29, 1.82) is 0 Å². The largest absolute Gasteiger partial charge is 0.348 e. The van der Waals surface area contributed by atoms with E-state index in [4.69, 9.17) is 5.10 Å². The summed E-state index contributed by atoms with van der Waals surface area (Å²) in [6.45, 7) is 1.02. The lowest BCUT2D eigenvalue weighted by atomic mass is 10.1. The molecule has 0 bridgehead atoms. The van der Waals surface area contributed by atoms with Gasteiger partial charge >= 0.3 is 0 Å². The van der Waals surface area contributed by atoms with Gasteiger partial charge in [0.25, 0.3) is 5.91 Å². The first-order valence-electron chi connectivity index (χ1n) is 10.6. The fraction of sp³-hybridized carbons (Fsp3) is 0.0769. The average Bonchev–Trinajstić information content (AvgIpc) is 3.54. The monoisotopic (exact) mass is 434 g/mol. The molecule has 0 aliphatic heterocycles. The first kappa shape index (κ1) is 20.4. The molecule has 3 heterocycles. The van der Waals surface area contributed by atoms with Gasteiger partial charge in [0.05, 0.1) is 17.8 Å². The van der Waals surface area contributed by atoms with Crippen LogP contribution in [0.4, 0.5) is 0 Å². The summed E-state index contributed by atoms with van der Waals surface area (Å²) < 4.78 is 3.70. The van der Waals surface area contributed by atoms with Crippen LogP contribution in [0, 0.1) is 0 Å². The summed E-state index contributed by atoms with van der Waals surface area (Å²) in [5.74, 6) is 0.520. The van der Waals surface area contributed by atoms with E-state index in [1.807, 2.05) is 59.4 Å². The maximum atomic E-state index is 12.8. The van der Waals surface area contributed by atoms with Crippen molar-refractivity contribution >= 4 is 5.91 Å². The number of rotatable bonds is 7. The number of nitrogens with zero attached hydrogens (tertiary/aromatic N) is 5. The first-order chi connectivity index (χ1) is 16.3. The number of hydrogen-bond donors (Lipinski definition) is 1. The Balaban J connectivity index is 1.34. The van der Waals surface area contributed by atoms with Gasteiger partial charge in [0.1, 0.15) is 12.1 Å². The fourth-order valence-electron chi connectivity index (χ4n) is 3.63. The van der Waals surface area contributed by atoms with Crippen LogP contribution in [-0.4, -0.2) is 30.2 Å². The minimum atomic E-state index is -0.186. The molecule has 0 aliphatic carbocycles. The lowest BCUT2D eigenvalue weighted by molar-refractivity contribution is 0.0950. The van der Waals surface area contributed by atoms with Crippen molar-refractivity contribution in [3.05, 3.63) is 121 Å². The van der Waals surface area contributed by atoms with Crippen molar-refractivity contribution in [3.63, 3.8) is 0 Å². The zero-order chi connectivity index (χ0) is 22.5. The molecule has 5 rings (SSSR count). The van der Waals surface area contributed by atoms with Crippen molar-refractivity contribution in [2.45, 2.75) is 13.1 Å². The minimum Gasteiger partial charge on any atom is -0.348 e. The summed E-state index contributed by atoms with van der Waals surface area (Å²) in [6.07, 6.45) is 8.72. The van der Waals surface area contributed by atoms with E-state index in [9.17, 15) is 4.79 Å². The smallest absolute Gasteiger partial charge is 0.253 e. The van der Waals surface area contributed by atoms with Gasteiger partial charge in [-0.05, 0) is 17.7 Å². The molecule has 0 atom stereocenters. The first-order valence-corrected chi connectivity index (χ1v) is 10.6. The normalized spacial score (nSPS) is 10.8. The molecule has 33 heavy (non-hydrogen) atoms. The van der Waals surface area contributed by atoms with Gasteiger partial charge in [0.15, 0.2) is 0 Å². The summed E-state index contributed by atoms with van der Waals surface area (Å²) in [4.78, 5) is 21.1. The third kappa shape index (κ3) is 4.72. The quantitative estimate of drug-likeness (QED) is 0.418. The van der Waals surface area contributed by atoms with E-state index in [0.717, 1.165) is 16.8 Å². The van der Waals surface area contributed by atoms with Crippen LogP contribution in [0.5, 0.6) is 0 Å². The van der Waals surface area contributed by atoms with E-state index >= 15 is 0 Å². The lowest BCUT2D eigenvalue weighted by Crippen LogP contribution is -2.23. The summed E-state index contributed by atoms with van der Waals surface area (Å²) in [7, 11) is 0. The van der Waals surface area contributed by atoms with Gasteiger partial charge in [-0.3, -0.25) is 14.0 Å². The Kier molecular flexibility index (Phi) is 5.75. The van der Waals surface area contributed by atoms with E-state index in [1.165, 1.54) is 5.56 Å². The van der Waals surface area contributed by atoms with Crippen molar-refractivity contribution in [3.8, 4) is 17.1 Å². The van der Waals surface area contributed by atoms with Crippen LogP contribution in [0.15, 0.2) is 104 Å². The maximum Gasteiger partial charge on any atom is 0.253 e. The summed E-state index contributed by atoms with van der Waals surface area (Å²) >= 11 is 0. The lowest BCUT2D eigenvalue weighted by Gasteiger charge is -2.07. The van der Waals surface area contributed by atoms with Crippen LogP contribution < -0.4 is 5.32 Å². The highest BCUT2D eigenvalue weighted by molar-refractivity contribution is 5.94. The van der Waals surface area contributed by atoms with Crippen LogP contribution in [0.3, 0.4) is 0 Å². The second-order valence-corrected chi connectivity index (χ2v) is 7.61. The zero-order valence-electron chi connectivity index (χ0n) is 17.9. The Morgan fingerprint density at radius 1 is 0.939 bits per heavy atom. The molecule has 0 aliphatic rings.